The molecule has 1 aliphatic rings. The molecule has 2 heterocycles. The van der Waals surface area contributed by atoms with E-state index in [1.165, 1.54) is 11.8 Å². The number of nitriles is 1. The fraction of sp³-hybridized carbons (Fsp3) is 0.421. The van der Waals surface area contributed by atoms with E-state index in [1.54, 1.807) is 6.20 Å². The standard InChI is InChI=1S/C15H15N5S.C4H9NO/c1-10-8-17-14(21-2)20-13(10)19-12-5-3-4-11(18-12)15(9-16)6-7-15;1-4(2)5-3-6/h3-5,8H,6-7H2,1-2H3,(H,17,18,19,20);3-4H,1-2H3,(H,5,6). The minimum Gasteiger partial charge on any atom is -0.357 e. The summed E-state index contributed by atoms with van der Waals surface area (Å²) in [6, 6.07) is 8.38. The molecule has 2 aromatic rings. The number of nitrogens with zero attached hydrogens (tertiary/aromatic N) is 4. The average Bonchev–Trinajstić information content (AvgIpc) is 3.46. The Kier molecular flexibility index (Phi) is 7.13. The molecule has 0 aliphatic heterocycles. The lowest BCUT2D eigenvalue weighted by atomic mass is 10.0. The first-order valence-electron chi connectivity index (χ1n) is 8.67. The van der Waals surface area contributed by atoms with Crippen molar-refractivity contribution < 1.29 is 4.79 Å². The highest BCUT2D eigenvalue weighted by Gasteiger charge is 2.46. The third kappa shape index (κ3) is 5.66. The Morgan fingerprint density at radius 1 is 1.33 bits per heavy atom. The first kappa shape index (κ1) is 20.6. The van der Waals surface area contributed by atoms with Gasteiger partial charge in [0.15, 0.2) is 5.16 Å². The zero-order valence-electron chi connectivity index (χ0n) is 16.0. The number of rotatable bonds is 6. The van der Waals surface area contributed by atoms with Crippen LogP contribution in [0.4, 0.5) is 11.6 Å². The van der Waals surface area contributed by atoms with Gasteiger partial charge in [0.05, 0.1) is 17.2 Å². The molecule has 0 spiro atoms. The van der Waals surface area contributed by atoms with Crippen LogP contribution in [0.2, 0.25) is 0 Å². The van der Waals surface area contributed by atoms with E-state index in [4.69, 9.17) is 0 Å². The summed E-state index contributed by atoms with van der Waals surface area (Å²) in [5, 5.41) is 15.7. The van der Waals surface area contributed by atoms with Gasteiger partial charge in [-0.3, -0.25) is 4.79 Å². The van der Waals surface area contributed by atoms with Crippen molar-refractivity contribution in [2.45, 2.75) is 50.2 Å². The molecule has 0 saturated heterocycles. The van der Waals surface area contributed by atoms with Gasteiger partial charge in [-0.25, -0.2) is 15.0 Å². The van der Waals surface area contributed by atoms with Crippen molar-refractivity contribution in [3.05, 3.63) is 35.7 Å². The molecule has 1 saturated carbocycles. The van der Waals surface area contributed by atoms with Gasteiger partial charge in [-0.1, -0.05) is 17.8 Å². The number of hydrogen-bond acceptors (Lipinski definition) is 7. The van der Waals surface area contributed by atoms with Crippen LogP contribution in [0.5, 0.6) is 0 Å². The van der Waals surface area contributed by atoms with Crippen molar-refractivity contribution in [1.29, 1.82) is 5.26 Å². The lowest BCUT2D eigenvalue weighted by Crippen LogP contribution is -2.19. The number of carbonyl (C=O) groups is 1. The second kappa shape index (κ2) is 9.33. The van der Waals surface area contributed by atoms with Crippen molar-refractivity contribution in [3.63, 3.8) is 0 Å². The van der Waals surface area contributed by atoms with Gasteiger partial charge in [0.1, 0.15) is 11.6 Å². The second-order valence-electron chi connectivity index (χ2n) is 6.55. The molecule has 2 aromatic heterocycles. The highest BCUT2D eigenvalue weighted by Crippen LogP contribution is 2.46. The number of anilines is 2. The summed E-state index contributed by atoms with van der Waals surface area (Å²) in [6.45, 7) is 5.77. The maximum Gasteiger partial charge on any atom is 0.207 e. The largest absolute Gasteiger partial charge is 0.357 e. The quantitative estimate of drug-likeness (QED) is 0.447. The van der Waals surface area contributed by atoms with Crippen LogP contribution >= 0.6 is 11.8 Å². The van der Waals surface area contributed by atoms with Gasteiger partial charge in [0, 0.05) is 17.8 Å². The Hall–Kier alpha value is -2.66. The van der Waals surface area contributed by atoms with Crippen molar-refractivity contribution in [3.8, 4) is 6.07 Å². The zero-order chi connectivity index (χ0) is 19.9. The number of carbonyl (C=O) groups excluding carboxylic acids is 1. The molecule has 0 bridgehead atoms. The predicted molar refractivity (Wildman–Crippen MR) is 107 cm³/mol. The normalized spacial score (nSPS) is 13.8. The molecule has 0 aromatic carbocycles. The van der Waals surface area contributed by atoms with Gasteiger partial charge in [-0.15, -0.1) is 0 Å². The Morgan fingerprint density at radius 2 is 2.07 bits per heavy atom. The number of aromatic nitrogens is 3. The SMILES string of the molecule is CC(C)NC=O.CSc1ncc(C)c(Nc2cccc(C3(C#N)CC3)n2)n1. The van der Waals surface area contributed by atoms with Gasteiger partial charge in [-0.2, -0.15) is 5.26 Å². The fourth-order valence-corrected chi connectivity index (χ4v) is 2.57. The van der Waals surface area contributed by atoms with E-state index in [-0.39, 0.29) is 11.5 Å². The number of aryl methyl sites for hydroxylation is 1. The van der Waals surface area contributed by atoms with Gasteiger partial charge < -0.3 is 10.6 Å². The molecule has 1 amide bonds. The molecule has 8 heteroatoms. The summed E-state index contributed by atoms with van der Waals surface area (Å²) in [7, 11) is 0. The van der Waals surface area contributed by atoms with Crippen LogP contribution in [0.15, 0.2) is 29.6 Å². The summed E-state index contributed by atoms with van der Waals surface area (Å²) in [5.41, 5.74) is 1.43. The van der Waals surface area contributed by atoms with Gasteiger partial charge in [0.25, 0.3) is 0 Å². The monoisotopic (exact) mass is 384 g/mol. The lowest BCUT2D eigenvalue weighted by molar-refractivity contribution is -0.109. The second-order valence-corrected chi connectivity index (χ2v) is 7.33. The number of hydrogen-bond donors (Lipinski definition) is 2. The molecular weight excluding hydrogens is 360 g/mol. The first-order chi connectivity index (χ1) is 12.9. The smallest absolute Gasteiger partial charge is 0.207 e. The zero-order valence-corrected chi connectivity index (χ0v) is 16.8. The topological polar surface area (TPSA) is 104 Å². The predicted octanol–water partition coefficient (Wildman–Crippen LogP) is 3.34. The minimum atomic E-state index is -0.372. The van der Waals surface area contributed by atoms with E-state index in [1.807, 2.05) is 45.2 Å². The maximum absolute atomic E-state index is 9.50. The summed E-state index contributed by atoms with van der Waals surface area (Å²) in [4.78, 5) is 22.7. The third-order valence-corrected chi connectivity index (χ3v) is 4.55. The first-order valence-corrected chi connectivity index (χ1v) is 9.89. The van der Waals surface area contributed by atoms with Crippen LogP contribution in [-0.2, 0) is 10.2 Å². The Balaban J connectivity index is 0.000000380. The van der Waals surface area contributed by atoms with Gasteiger partial charge in [-0.05, 0) is 52.0 Å². The Morgan fingerprint density at radius 3 is 2.59 bits per heavy atom. The summed E-state index contributed by atoms with van der Waals surface area (Å²) >= 11 is 1.50. The van der Waals surface area contributed by atoms with Crippen LogP contribution in [0, 0.1) is 18.3 Å². The van der Waals surface area contributed by atoms with E-state index in [2.05, 4.69) is 31.7 Å². The van der Waals surface area contributed by atoms with Gasteiger partial charge >= 0.3 is 0 Å². The molecule has 0 atom stereocenters. The molecule has 27 heavy (non-hydrogen) atoms. The van der Waals surface area contributed by atoms with E-state index < -0.39 is 0 Å². The third-order valence-electron chi connectivity index (χ3n) is 3.98. The van der Waals surface area contributed by atoms with Crippen LogP contribution < -0.4 is 10.6 Å². The molecule has 1 aliphatic carbocycles. The molecule has 142 valence electrons. The van der Waals surface area contributed by atoms with E-state index in [9.17, 15) is 10.1 Å². The highest BCUT2D eigenvalue weighted by atomic mass is 32.2. The van der Waals surface area contributed by atoms with Crippen LogP contribution in [0.25, 0.3) is 0 Å². The van der Waals surface area contributed by atoms with E-state index >= 15 is 0 Å². The number of nitrogens with one attached hydrogen (secondary N) is 2. The van der Waals surface area contributed by atoms with Gasteiger partial charge in [0.2, 0.25) is 6.41 Å². The van der Waals surface area contributed by atoms with Crippen molar-refractivity contribution in [2.24, 2.45) is 0 Å². The molecule has 3 rings (SSSR count). The molecule has 1 fully saturated rings. The number of amides is 1. The lowest BCUT2D eigenvalue weighted by Gasteiger charge is -2.11. The van der Waals surface area contributed by atoms with Crippen molar-refractivity contribution >= 4 is 29.8 Å². The summed E-state index contributed by atoms with van der Waals surface area (Å²) in [6.07, 6.45) is 6.22. The van der Waals surface area contributed by atoms with Crippen molar-refractivity contribution in [2.75, 3.05) is 11.6 Å². The highest BCUT2D eigenvalue weighted by molar-refractivity contribution is 7.98. The Labute approximate surface area is 164 Å². The fourth-order valence-electron chi connectivity index (χ4n) is 2.23. The van der Waals surface area contributed by atoms with Crippen molar-refractivity contribution in [1.82, 2.24) is 20.3 Å². The molecule has 7 nitrogen and oxygen atoms in total. The molecule has 0 radical (unpaired) electrons. The number of pyridine rings is 1. The van der Waals surface area contributed by atoms with E-state index in [0.717, 1.165) is 35.1 Å². The van der Waals surface area contributed by atoms with E-state index in [0.29, 0.717) is 12.2 Å². The molecular formula is C19H24N6OS. The maximum atomic E-state index is 9.50. The molecule has 2 N–H and O–H groups in total. The Bertz CT molecular complexity index is 829. The summed E-state index contributed by atoms with van der Waals surface area (Å²) in [5.74, 6) is 1.46. The number of thioether (sulfide) groups is 1. The van der Waals surface area contributed by atoms with Crippen LogP contribution in [-0.4, -0.2) is 33.7 Å². The average molecular weight is 385 g/mol. The minimum absolute atomic E-state index is 0.280. The van der Waals surface area contributed by atoms with Crippen LogP contribution in [0.3, 0.4) is 0 Å². The molecule has 0 unspecified atom stereocenters. The summed E-state index contributed by atoms with van der Waals surface area (Å²) < 4.78 is 0. The van der Waals surface area contributed by atoms with Crippen LogP contribution in [0.1, 0.15) is 37.9 Å².